The fourth-order valence-corrected chi connectivity index (χ4v) is 3.79. The van der Waals surface area contributed by atoms with Gasteiger partial charge >= 0.3 is 0 Å². The van der Waals surface area contributed by atoms with Crippen molar-refractivity contribution in [2.45, 2.75) is 51.0 Å². The molecule has 2 aromatic heterocycles. The number of rotatable bonds is 9. The Morgan fingerprint density at radius 1 is 0.871 bits per heavy atom. The molecule has 162 valence electrons. The predicted octanol–water partition coefficient (Wildman–Crippen LogP) is 3.92. The molecule has 1 atom stereocenters. The van der Waals surface area contributed by atoms with Crippen LogP contribution in [0, 0.1) is 0 Å². The van der Waals surface area contributed by atoms with Gasteiger partial charge in [-0.3, -0.25) is 20.1 Å². The van der Waals surface area contributed by atoms with Crippen LogP contribution in [0.3, 0.4) is 0 Å². The number of pyridine rings is 2. The summed E-state index contributed by atoms with van der Waals surface area (Å²) in [7, 11) is 0. The Hall–Kier alpha value is -3.05. The number of amides is 1. The minimum Gasteiger partial charge on any atom is -0.368 e. The molecule has 1 amide bonds. The minimum atomic E-state index is -0.959. The van der Waals surface area contributed by atoms with E-state index in [2.05, 4.69) is 48.2 Å². The standard InChI is InChI=1S/C26H32N4O/c1-25(2,3)22-6-8-23(9-7-22)26(24(27)31,14-10-21-5-4-15-29-19-21)30-18-13-20-11-16-28-17-12-20/h4-9,11-12,15-17,19,30H,10,13-14,18H2,1-3H3,(H2,27,31). The molecule has 1 unspecified atom stereocenters. The van der Waals surface area contributed by atoms with Crippen molar-refractivity contribution in [3.63, 3.8) is 0 Å². The summed E-state index contributed by atoms with van der Waals surface area (Å²) in [6.45, 7) is 7.16. The first kappa shape index (κ1) is 22.6. The normalized spacial score (nSPS) is 13.5. The van der Waals surface area contributed by atoms with Crippen LogP contribution in [0.15, 0.2) is 73.3 Å². The number of nitrogens with one attached hydrogen (secondary N) is 1. The molecule has 0 spiro atoms. The van der Waals surface area contributed by atoms with Crippen molar-refractivity contribution < 1.29 is 4.79 Å². The van der Waals surface area contributed by atoms with Crippen LogP contribution < -0.4 is 11.1 Å². The highest BCUT2D eigenvalue weighted by Crippen LogP contribution is 2.30. The Bertz CT molecular complexity index is 966. The molecule has 0 fully saturated rings. The Morgan fingerprint density at radius 2 is 1.55 bits per heavy atom. The van der Waals surface area contributed by atoms with Crippen molar-refractivity contribution in [2.75, 3.05) is 6.54 Å². The number of nitrogens with two attached hydrogens (primary N) is 1. The summed E-state index contributed by atoms with van der Waals surface area (Å²) in [6.07, 6.45) is 9.19. The molecule has 5 heteroatoms. The van der Waals surface area contributed by atoms with Gasteiger partial charge in [0.15, 0.2) is 0 Å². The molecule has 0 saturated heterocycles. The highest BCUT2D eigenvalue weighted by molar-refractivity contribution is 5.86. The van der Waals surface area contributed by atoms with E-state index in [9.17, 15) is 4.79 Å². The van der Waals surface area contributed by atoms with E-state index in [1.165, 1.54) is 5.56 Å². The summed E-state index contributed by atoms with van der Waals surface area (Å²) in [5.74, 6) is -0.366. The zero-order valence-electron chi connectivity index (χ0n) is 18.6. The number of hydrogen-bond donors (Lipinski definition) is 2. The molecular formula is C26H32N4O. The lowest BCUT2D eigenvalue weighted by molar-refractivity contribution is -0.125. The summed E-state index contributed by atoms with van der Waals surface area (Å²) < 4.78 is 0. The zero-order chi connectivity index (χ0) is 22.3. The molecule has 3 rings (SSSR count). The van der Waals surface area contributed by atoms with E-state index >= 15 is 0 Å². The van der Waals surface area contributed by atoms with Crippen LogP contribution in [-0.2, 0) is 28.6 Å². The average molecular weight is 417 g/mol. The summed E-state index contributed by atoms with van der Waals surface area (Å²) >= 11 is 0. The van der Waals surface area contributed by atoms with E-state index < -0.39 is 5.54 Å². The van der Waals surface area contributed by atoms with Crippen molar-refractivity contribution in [1.82, 2.24) is 15.3 Å². The fraction of sp³-hybridized carbons (Fsp3) is 0.346. The van der Waals surface area contributed by atoms with Gasteiger partial charge in [0, 0.05) is 31.3 Å². The van der Waals surface area contributed by atoms with E-state index in [4.69, 9.17) is 5.73 Å². The number of aromatic nitrogens is 2. The Morgan fingerprint density at radius 3 is 2.13 bits per heavy atom. The first-order chi connectivity index (χ1) is 14.8. The monoisotopic (exact) mass is 416 g/mol. The van der Waals surface area contributed by atoms with Gasteiger partial charge in [0.2, 0.25) is 5.91 Å². The number of carbonyl (C=O) groups is 1. The molecule has 0 radical (unpaired) electrons. The van der Waals surface area contributed by atoms with Gasteiger partial charge in [-0.2, -0.15) is 0 Å². The minimum absolute atomic E-state index is 0.0401. The van der Waals surface area contributed by atoms with E-state index in [0.717, 1.165) is 23.1 Å². The second-order valence-corrected chi connectivity index (χ2v) is 8.99. The predicted molar refractivity (Wildman–Crippen MR) is 125 cm³/mol. The van der Waals surface area contributed by atoms with E-state index in [0.29, 0.717) is 19.4 Å². The van der Waals surface area contributed by atoms with Gasteiger partial charge in [0.25, 0.3) is 0 Å². The topological polar surface area (TPSA) is 80.9 Å². The van der Waals surface area contributed by atoms with Crippen molar-refractivity contribution in [1.29, 1.82) is 0 Å². The SMILES string of the molecule is CC(C)(C)c1ccc(C(CCc2cccnc2)(NCCc2ccncc2)C(N)=O)cc1. The van der Waals surface area contributed by atoms with E-state index in [1.807, 2.05) is 42.6 Å². The third-order valence-corrected chi connectivity index (χ3v) is 5.77. The van der Waals surface area contributed by atoms with Gasteiger partial charge in [-0.05, 0) is 65.1 Å². The number of nitrogens with zero attached hydrogens (tertiary/aromatic N) is 2. The maximum absolute atomic E-state index is 12.9. The number of hydrogen-bond acceptors (Lipinski definition) is 4. The average Bonchev–Trinajstić information content (AvgIpc) is 2.77. The first-order valence-electron chi connectivity index (χ1n) is 10.7. The lowest BCUT2D eigenvalue weighted by atomic mass is 9.80. The van der Waals surface area contributed by atoms with Crippen LogP contribution in [0.1, 0.15) is 49.4 Å². The molecule has 3 aromatic rings. The van der Waals surface area contributed by atoms with Crippen LogP contribution >= 0.6 is 0 Å². The van der Waals surface area contributed by atoms with Crippen LogP contribution in [0.2, 0.25) is 0 Å². The fourth-order valence-electron chi connectivity index (χ4n) is 3.79. The summed E-state index contributed by atoms with van der Waals surface area (Å²) in [5, 5.41) is 3.51. The number of aryl methyl sites for hydroxylation is 1. The number of primary amides is 1. The molecule has 31 heavy (non-hydrogen) atoms. The van der Waals surface area contributed by atoms with Gasteiger partial charge in [0.05, 0.1) is 0 Å². The van der Waals surface area contributed by atoms with Crippen LogP contribution in [-0.4, -0.2) is 22.4 Å². The molecule has 0 bridgehead atoms. The zero-order valence-corrected chi connectivity index (χ0v) is 18.6. The smallest absolute Gasteiger partial charge is 0.242 e. The van der Waals surface area contributed by atoms with Crippen molar-refractivity contribution in [3.8, 4) is 0 Å². The van der Waals surface area contributed by atoms with Crippen LogP contribution in [0.4, 0.5) is 0 Å². The summed E-state index contributed by atoms with van der Waals surface area (Å²) in [6, 6.07) is 16.2. The number of carbonyl (C=O) groups excluding carboxylic acids is 1. The molecular weight excluding hydrogens is 384 g/mol. The number of benzene rings is 1. The molecule has 1 aromatic carbocycles. The van der Waals surface area contributed by atoms with E-state index in [1.54, 1.807) is 18.6 Å². The summed E-state index contributed by atoms with van der Waals surface area (Å²) in [5.41, 5.74) is 9.48. The molecule has 0 aliphatic heterocycles. The van der Waals surface area contributed by atoms with Crippen molar-refractivity contribution >= 4 is 5.91 Å². The van der Waals surface area contributed by atoms with Gasteiger partial charge in [0.1, 0.15) is 5.54 Å². The van der Waals surface area contributed by atoms with E-state index in [-0.39, 0.29) is 11.3 Å². The highest BCUT2D eigenvalue weighted by Gasteiger charge is 2.38. The van der Waals surface area contributed by atoms with Gasteiger partial charge in [-0.1, -0.05) is 51.1 Å². The Balaban J connectivity index is 1.88. The maximum atomic E-state index is 12.9. The Kier molecular flexibility index (Phi) is 7.18. The molecule has 5 nitrogen and oxygen atoms in total. The van der Waals surface area contributed by atoms with Gasteiger partial charge < -0.3 is 5.73 Å². The lowest BCUT2D eigenvalue weighted by Crippen LogP contribution is -2.53. The maximum Gasteiger partial charge on any atom is 0.242 e. The third-order valence-electron chi connectivity index (χ3n) is 5.77. The largest absolute Gasteiger partial charge is 0.368 e. The molecule has 3 N–H and O–H groups in total. The van der Waals surface area contributed by atoms with Crippen LogP contribution in [0.5, 0.6) is 0 Å². The first-order valence-corrected chi connectivity index (χ1v) is 10.7. The van der Waals surface area contributed by atoms with Crippen molar-refractivity contribution in [3.05, 3.63) is 95.6 Å². The van der Waals surface area contributed by atoms with Crippen LogP contribution in [0.25, 0.3) is 0 Å². The van der Waals surface area contributed by atoms with Gasteiger partial charge in [-0.25, -0.2) is 0 Å². The molecule has 2 heterocycles. The van der Waals surface area contributed by atoms with Gasteiger partial charge in [-0.15, -0.1) is 0 Å². The third kappa shape index (κ3) is 5.76. The lowest BCUT2D eigenvalue weighted by Gasteiger charge is -2.33. The summed E-state index contributed by atoms with van der Waals surface area (Å²) in [4.78, 5) is 21.2. The second-order valence-electron chi connectivity index (χ2n) is 8.99. The molecule has 0 saturated carbocycles. The van der Waals surface area contributed by atoms with Crippen molar-refractivity contribution in [2.24, 2.45) is 5.73 Å². The Labute approximate surface area is 185 Å². The highest BCUT2D eigenvalue weighted by atomic mass is 16.1. The molecule has 0 aliphatic carbocycles. The quantitative estimate of drug-likeness (QED) is 0.554. The second kappa shape index (κ2) is 9.84. The molecule has 0 aliphatic rings.